The van der Waals surface area contributed by atoms with Crippen LogP contribution in [-0.4, -0.2) is 157 Å². The molecule has 2 bridgehead atoms. The molecule has 0 saturated carbocycles. The van der Waals surface area contributed by atoms with Crippen LogP contribution in [-0.2, 0) is 44.8 Å². The van der Waals surface area contributed by atoms with Gasteiger partial charge in [0.05, 0.1) is 29.4 Å². The van der Waals surface area contributed by atoms with E-state index >= 15 is 0 Å². The van der Waals surface area contributed by atoms with Gasteiger partial charge in [0.2, 0.25) is 47.8 Å². The Kier molecular flexibility index (Phi) is 13.7. The quantitative estimate of drug-likeness (QED) is 0.123. The van der Waals surface area contributed by atoms with E-state index in [4.69, 9.17) is 0 Å². The van der Waals surface area contributed by atoms with Gasteiger partial charge in [0, 0.05) is 48.2 Å². The Hall–Kier alpha value is -5.29. The van der Waals surface area contributed by atoms with Gasteiger partial charge in [0.1, 0.15) is 42.3 Å². The summed E-state index contributed by atoms with van der Waals surface area (Å²) in [5.41, 5.74) is -0.678. The Morgan fingerprint density at radius 1 is 0.914 bits per heavy atom. The molecule has 10 atom stereocenters. The molecule has 0 spiro atoms. The number of aliphatic hydroxyl groups excluding tert-OH is 3. The molecule has 3 aliphatic heterocycles. The number of fused-ring (bicyclic) bond motifs is 5. The Morgan fingerprint density at radius 3 is 2.22 bits per heavy atom. The normalized spacial score (nSPS) is 29.7. The minimum Gasteiger partial charge on any atom is -0.393 e. The van der Waals surface area contributed by atoms with Gasteiger partial charge in [-0.3, -0.25) is 38.4 Å². The maximum atomic E-state index is 14.4. The zero-order chi connectivity index (χ0) is 42.6. The van der Waals surface area contributed by atoms with Gasteiger partial charge < -0.3 is 67.5 Å². The molecule has 12 N–H and O–H groups in total. The minimum absolute atomic E-state index is 0.210. The van der Waals surface area contributed by atoms with Crippen LogP contribution in [0, 0.1) is 0 Å². The number of thioether (sulfide) groups is 1. The molecule has 1 fully saturated rings. The van der Waals surface area contributed by atoms with Crippen molar-refractivity contribution in [3.8, 4) is 0 Å². The fourth-order valence-electron chi connectivity index (χ4n) is 6.95. The molecule has 5 rings (SSSR count). The summed E-state index contributed by atoms with van der Waals surface area (Å²) in [6.45, 7) is 3.86. The van der Waals surface area contributed by atoms with Gasteiger partial charge in [-0.05, 0) is 51.5 Å². The van der Waals surface area contributed by atoms with Crippen molar-refractivity contribution in [2.24, 2.45) is 0 Å². The second-order valence-corrected chi connectivity index (χ2v) is 16.1. The summed E-state index contributed by atoms with van der Waals surface area (Å²) in [5, 5.41) is 60.4. The molecule has 4 heterocycles. The first-order valence-electron chi connectivity index (χ1n) is 18.6. The number of hydrogen-bond acceptors (Lipinski definition) is 13. The van der Waals surface area contributed by atoms with Gasteiger partial charge in [0.25, 0.3) is 0 Å². The fourth-order valence-corrected chi connectivity index (χ4v) is 8.06. The lowest BCUT2D eigenvalue weighted by Crippen LogP contribution is -2.61. The van der Waals surface area contributed by atoms with Crippen LogP contribution < -0.4 is 37.2 Å². The summed E-state index contributed by atoms with van der Waals surface area (Å²) in [7, 11) is 0. The highest BCUT2D eigenvalue weighted by Crippen LogP contribution is 2.34. The molecule has 22 heteroatoms. The number of aromatic nitrogens is 1. The number of nitrogens with zero attached hydrogens (tertiary/aromatic N) is 1. The number of amides is 8. The molecular formula is C36H49N9O12S. The largest absolute Gasteiger partial charge is 0.393 e. The van der Waals surface area contributed by atoms with Gasteiger partial charge in [-0.1, -0.05) is 0 Å². The number of benzene rings is 1. The summed E-state index contributed by atoms with van der Waals surface area (Å²) in [6.07, 6.45) is -3.32. The van der Waals surface area contributed by atoms with Crippen LogP contribution in [0.25, 0.3) is 10.9 Å². The SMILES string of the molecule is CC(O)[C@H]1NC(=O)[C@H](C)NC(=O)[C@H](C[C@@](C)(O)CO)NC(=O)[C@@H]2Cc3c([nH]c4ccc(NC=O)cc34)SC[C@@H](NC1=O)C(=O)N1C[C@H](O)C[C@H]1C(=O)N[C@@H](C)C(=O)N2. The van der Waals surface area contributed by atoms with E-state index in [1.165, 1.54) is 27.7 Å². The number of carbonyl (C=O) groups excluding carboxylic acids is 8. The monoisotopic (exact) mass is 831 g/mol. The van der Waals surface area contributed by atoms with Gasteiger partial charge in [-0.25, -0.2) is 0 Å². The summed E-state index contributed by atoms with van der Waals surface area (Å²) in [5.74, 6) is -6.62. The van der Waals surface area contributed by atoms with Crippen LogP contribution in [0.4, 0.5) is 5.69 Å². The van der Waals surface area contributed by atoms with Crippen LogP contribution in [0.1, 0.15) is 46.1 Å². The van der Waals surface area contributed by atoms with Gasteiger partial charge in [-0.2, -0.15) is 0 Å². The van der Waals surface area contributed by atoms with Crippen LogP contribution >= 0.6 is 11.8 Å². The highest BCUT2D eigenvalue weighted by molar-refractivity contribution is 7.99. The number of anilines is 1. The van der Waals surface area contributed by atoms with E-state index in [-0.39, 0.29) is 25.1 Å². The standard InChI is InChI=1S/C36H49N9O12S/c1-15-28(50)40-23-9-21-20-7-18(37-14-47)5-6-22(20)43-34(21)58-12-25(35(56)45-11-19(49)8-26(45)32(54)39-15)42-33(55)27(17(3)48)44-29(51)16(2)38-31(53)24(41-30(23)52)10-36(4,57)13-46/h5-7,14-17,19,23-27,43,46,48-49,57H,8-13H2,1-4H3,(H,37,47)(H,38,53)(H,39,54)(H,40,50)(H,41,52)(H,42,55)(H,44,51)/t15-,16-,17?,19+,23-,24-,25+,26-,27+,36+/m0/s1. The predicted molar refractivity (Wildman–Crippen MR) is 205 cm³/mol. The zero-order valence-electron chi connectivity index (χ0n) is 32.2. The van der Waals surface area contributed by atoms with Crippen LogP contribution in [0.15, 0.2) is 23.2 Å². The number of aliphatic hydroxyl groups is 4. The number of carbonyl (C=O) groups is 8. The Morgan fingerprint density at radius 2 is 1.57 bits per heavy atom. The highest BCUT2D eigenvalue weighted by atomic mass is 32.2. The summed E-state index contributed by atoms with van der Waals surface area (Å²) in [4.78, 5) is 113. The number of H-pyrrole nitrogens is 1. The molecule has 1 saturated heterocycles. The molecule has 58 heavy (non-hydrogen) atoms. The number of rotatable bonds is 6. The van der Waals surface area contributed by atoms with E-state index < -0.39 is 114 Å². The van der Waals surface area contributed by atoms with Crippen molar-refractivity contribution >= 4 is 76.1 Å². The maximum absolute atomic E-state index is 14.4. The first-order chi connectivity index (χ1) is 27.3. The molecule has 2 aromatic rings. The van der Waals surface area contributed by atoms with E-state index in [0.717, 1.165) is 16.7 Å². The van der Waals surface area contributed by atoms with Crippen molar-refractivity contribution in [1.82, 2.24) is 41.8 Å². The molecule has 0 aliphatic carbocycles. The second kappa shape index (κ2) is 18.1. The van der Waals surface area contributed by atoms with Crippen LogP contribution in [0.5, 0.6) is 0 Å². The Labute approximate surface area is 336 Å². The Bertz CT molecular complexity index is 1960. The second-order valence-electron chi connectivity index (χ2n) is 15.1. The van der Waals surface area contributed by atoms with E-state index in [9.17, 15) is 58.8 Å². The summed E-state index contributed by atoms with van der Waals surface area (Å²) >= 11 is 1.01. The average Bonchev–Trinajstić information content (AvgIpc) is 3.72. The summed E-state index contributed by atoms with van der Waals surface area (Å²) < 4.78 is 0. The van der Waals surface area contributed by atoms with Gasteiger partial charge in [0.15, 0.2) is 0 Å². The van der Waals surface area contributed by atoms with Crippen molar-refractivity contribution in [1.29, 1.82) is 0 Å². The van der Waals surface area contributed by atoms with Crippen molar-refractivity contribution in [3.05, 3.63) is 23.8 Å². The third-order valence-electron chi connectivity index (χ3n) is 10.2. The smallest absolute Gasteiger partial charge is 0.246 e. The van der Waals surface area contributed by atoms with Crippen molar-refractivity contribution < 1.29 is 58.8 Å². The number of aromatic amines is 1. The molecule has 1 aromatic carbocycles. The van der Waals surface area contributed by atoms with Gasteiger partial charge in [-0.15, -0.1) is 11.8 Å². The van der Waals surface area contributed by atoms with Crippen molar-refractivity contribution in [2.75, 3.05) is 24.2 Å². The molecule has 3 aliphatic rings. The van der Waals surface area contributed by atoms with E-state index in [1.54, 1.807) is 18.2 Å². The van der Waals surface area contributed by atoms with E-state index in [1.807, 2.05) is 0 Å². The molecule has 8 amide bonds. The molecule has 316 valence electrons. The third kappa shape index (κ3) is 10.0. The number of nitrogens with one attached hydrogen (secondary N) is 8. The molecule has 21 nitrogen and oxygen atoms in total. The van der Waals surface area contributed by atoms with Crippen molar-refractivity contribution in [2.45, 2.75) is 112 Å². The highest BCUT2D eigenvalue weighted by Gasteiger charge is 2.44. The van der Waals surface area contributed by atoms with E-state index in [2.05, 4.69) is 42.2 Å². The Balaban J connectivity index is 1.72. The van der Waals surface area contributed by atoms with Crippen molar-refractivity contribution in [3.63, 3.8) is 0 Å². The lowest BCUT2D eigenvalue weighted by atomic mass is 9.96. The minimum atomic E-state index is -1.94. The average molecular weight is 832 g/mol. The van der Waals surface area contributed by atoms with Crippen LogP contribution in [0.2, 0.25) is 0 Å². The predicted octanol–water partition coefficient (Wildman–Crippen LogP) is -4.18. The van der Waals surface area contributed by atoms with Gasteiger partial charge >= 0.3 is 0 Å². The third-order valence-corrected chi connectivity index (χ3v) is 11.3. The zero-order valence-corrected chi connectivity index (χ0v) is 33.0. The topological polar surface area (TPSA) is 321 Å². The lowest BCUT2D eigenvalue weighted by Gasteiger charge is -2.31. The first kappa shape index (κ1) is 43.8. The molecule has 1 unspecified atom stereocenters. The maximum Gasteiger partial charge on any atom is 0.246 e. The fraction of sp³-hybridized carbons (Fsp3) is 0.556. The first-order valence-corrected chi connectivity index (χ1v) is 19.6. The van der Waals surface area contributed by atoms with E-state index in [0.29, 0.717) is 33.6 Å². The lowest BCUT2D eigenvalue weighted by molar-refractivity contribution is -0.142. The molecular weight excluding hydrogens is 783 g/mol. The number of hydrogen-bond donors (Lipinski definition) is 12. The molecule has 1 aromatic heterocycles. The summed E-state index contributed by atoms with van der Waals surface area (Å²) in [6, 6.07) is -5.47. The molecule has 0 radical (unpaired) electrons. The van der Waals surface area contributed by atoms with Crippen LogP contribution in [0.3, 0.4) is 0 Å².